The largest absolute Gasteiger partial charge is 0.523 e. The van der Waals surface area contributed by atoms with Crippen LogP contribution in [-0.2, 0) is 18.7 Å². The normalized spacial score (nSPS) is 16.4. The van der Waals surface area contributed by atoms with Crippen LogP contribution in [0.3, 0.4) is 0 Å². The minimum Gasteiger partial charge on any atom is -0.326 e. The molecule has 0 spiro atoms. The Hall–Kier alpha value is -0.110. The Bertz CT molecular complexity index is 251. The van der Waals surface area contributed by atoms with E-state index in [1.165, 1.54) is 0 Å². The molecule has 0 aliphatic rings. The fraction of sp³-hybridized carbons (Fsp3) is 1.00. The second-order valence-corrected chi connectivity index (χ2v) is 3.82. The molecular weight excluding hydrogens is 212 g/mol. The predicted octanol–water partition coefficient (Wildman–Crippen LogP) is 0.235. The maximum absolute atomic E-state index is 11.2. The van der Waals surface area contributed by atoms with E-state index in [1.54, 1.807) is 0 Å². The van der Waals surface area contributed by atoms with E-state index in [1.807, 2.05) is 0 Å². The van der Waals surface area contributed by atoms with Crippen molar-refractivity contribution in [3.8, 4) is 0 Å². The molecule has 0 bridgehead atoms. The lowest BCUT2D eigenvalue weighted by Crippen LogP contribution is -2.23. The highest BCUT2D eigenvalue weighted by molar-refractivity contribution is 7.90. The second-order valence-electron chi connectivity index (χ2n) is 1.25. The summed E-state index contributed by atoms with van der Waals surface area (Å²) in [6, 6.07) is 0. The van der Waals surface area contributed by atoms with Gasteiger partial charge < -0.3 is 4.89 Å². The quantitative estimate of drug-likeness (QED) is 0.525. The van der Waals surface area contributed by atoms with Crippen molar-refractivity contribution in [1.82, 2.24) is 0 Å². The van der Waals surface area contributed by atoms with Crippen LogP contribution in [0, 0.1) is 0 Å². The van der Waals surface area contributed by atoms with E-state index in [0.717, 1.165) is 0 Å². The van der Waals surface area contributed by atoms with Crippen LogP contribution >= 0.6 is 8.25 Å². The lowest BCUT2D eigenvalue weighted by atomic mass is 11.6. The molecule has 1 N–H and O–H groups in total. The zero-order chi connectivity index (χ0) is 9.28. The minimum atomic E-state index is -5.91. The second kappa shape index (κ2) is 3.10. The van der Waals surface area contributed by atoms with Gasteiger partial charge in [-0.1, -0.05) is 0 Å². The first kappa shape index (κ1) is 10.9. The summed E-state index contributed by atoms with van der Waals surface area (Å²) in [7, 11) is -10.0. The molecule has 0 rings (SSSR count). The zero-order valence-corrected chi connectivity index (χ0v) is 6.44. The topological polar surface area (TPSA) is 80.7 Å². The molecule has 0 radical (unpaired) electrons. The summed E-state index contributed by atoms with van der Waals surface area (Å²) in [5.74, 6) is 0. The van der Waals surface area contributed by atoms with E-state index < -0.39 is 23.9 Å². The minimum absolute atomic E-state index is 2.75. The van der Waals surface area contributed by atoms with Crippen LogP contribution in [0.4, 0.5) is 13.2 Å². The van der Waals surface area contributed by atoms with Gasteiger partial charge in [-0.15, -0.1) is 0 Å². The summed E-state index contributed by atoms with van der Waals surface area (Å²) in [6.07, 6.45) is 0. The average Bonchev–Trinajstić information content (AvgIpc) is 1.56. The number of hydrogen-bond acceptors (Lipinski definition) is 4. The standard InChI is InChI=1S/CH2F3O5PS/c2-1(3,4)11(7,8)9-10(5)6/h10H,(H,5,6). The summed E-state index contributed by atoms with van der Waals surface area (Å²) in [6.45, 7) is 0. The number of halogens is 3. The third-order valence-electron chi connectivity index (χ3n) is 0.464. The lowest BCUT2D eigenvalue weighted by Gasteiger charge is -2.04. The molecule has 0 saturated heterocycles. The lowest BCUT2D eigenvalue weighted by molar-refractivity contribution is -0.0501. The Kier molecular flexibility index (Phi) is 3.06. The van der Waals surface area contributed by atoms with E-state index >= 15 is 0 Å². The van der Waals surface area contributed by atoms with Gasteiger partial charge in [-0.2, -0.15) is 25.6 Å². The van der Waals surface area contributed by atoms with E-state index in [4.69, 9.17) is 4.89 Å². The highest BCUT2D eigenvalue weighted by Crippen LogP contribution is 2.31. The molecule has 68 valence electrons. The highest BCUT2D eigenvalue weighted by atomic mass is 32.2. The summed E-state index contributed by atoms with van der Waals surface area (Å²) < 4.78 is 65.6. The molecule has 0 heterocycles. The Balaban J connectivity index is 4.64. The third-order valence-corrected chi connectivity index (χ3v) is 2.48. The van der Waals surface area contributed by atoms with Gasteiger partial charge in [-0.05, 0) is 0 Å². The molecule has 1 unspecified atom stereocenters. The Labute approximate surface area is 59.9 Å². The van der Waals surface area contributed by atoms with Crippen molar-refractivity contribution in [2.24, 2.45) is 0 Å². The summed E-state index contributed by atoms with van der Waals surface area (Å²) >= 11 is 0. The van der Waals surface area contributed by atoms with Crippen molar-refractivity contribution < 1.29 is 35.0 Å². The number of hydrogen-bond donors (Lipinski definition) is 1. The first-order chi connectivity index (χ1) is 4.67. The van der Waals surface area contributed by atoms with Crippen LogP contribution in [0.15, 0.2) is 0 Å². The molecular formula is CH2F3O5PS. The molecule has 10 heteroatoms. The van der Waals surface area contributed by atoms with Crippen molar-refractivity contribution in [3.05, 3.63) is 0 Å². The van der Waals surface area contributed by atoms with Gasteiger partial charge in [0.1, 0.15) is 0 Å². The molecule has 5 nitrogen and oxygen atoms in total. The van der Waals surface area contributed by atoms with Crippen LogP contribution < -0.4 is 0 Å². The van der Waals surface area contributed by atoms with Crippen molar-refractivity contribution >= 4 is 18.4 Å². The molecule has 0 saturated carbocycles. The van der Waals surface area contributed by atoms with Crippen LogP contribution in [0.25, 0.3) is 0 Å². The summed E-state index contributed by atoms with van der Waals surface area (Å²) in [5, 5.41) is 0. The van der Waals surface area contributed by atoms with Crippen molar-refractivity contribution in [2.45, 2.75) is 5.51 Å². The fourth-order valence-corrected chi connectivity index (χ4v) is 1.27. The molecule has 0 aliphatic carbocycles. The molecule has 1 atom stereocenters. The van der Waals surface area contributed by atoms with Gasteiger partial charge >= 0.3 is 23.9 Å². The Morgan fingerprint density at radius 1 is 1.36 bits per heavy atom. The Morgan fingerprint density at radius 2 is 1.73 bits per heavy atom. The smallest absolute Gasteiger partial charge is 0.326 e. The van der Waals surface area contributed by atoms with Gasteiger partial charge in [0, 0.05) is 0 Å². The van der Waals surface area contributed by atoms with Crippen LogP contribution in [0.1, 0.15) is 0 Å². The average molecular weight is 214 g/mol. The van der Waals surface area contributed by atoms with Crippen LogP contribution in [0.5, 0.6) is 0 Å². The Morgan fingerprint density at radius 3 is 1.82 bits per heavy atom. The predicted molar refractivity (Wildman–Crippen MR) is 27.3 cm³/mol. The van der Waals surface area contributed by atoms with Gasteiger partial charge in [-0.25, -0.2) is 0 Å². The van der Waals surface area contributed by atoms with Crippen molar-refractivity contribution in [3.63, 3.8) is 0 Å². The molecule has 11 heavy (non-hydrogen) atoms. The van der Waals surface area contributed by atoms with Crippen molar-refractivity contribution in [2.75, 3.05) is 0 Å². The molecule has 0 amide bonds. The summed E-state index contributed by atoms with van der Waals surface area (Å²) in [5.41, 5.74) is -5.66. The van der Waals surface area contributed by atoms with Gasteiger partial charge in [0.05, 0.1) is 0 Å². The van der Waals surface area contributed by atoms with Crippen molar-refractivity contribution in [1.29, 1.82) is 0 Å². The zero-order valence-electron chi connectivity index (χ0n) is 4.62. The maximum atomic E-state index is 11.2. The van der Waals surface area contributed by atoms with Crippen LogP contribution in [-0.4, -0.2) is 18.8 Å². The third kappa shape index (κ3) is 3.19. The number of alkyl halides is 3. The molecule has 0 fully saturated rings. The molecule has 0 aromatic carbocycles. The van der Waals surface area contributed by atoms with E-state index in [9.17, 15) is 26.2 Å². The summed E-state index contributed by atoms with van der Waals surface area (Å²) in [4.78, 5) is 7.70. The van der Waals surface area contributed by atoms with Gasteiger partial charge in [0.2, 0.25) is 0 Å². The van der Waals surface area contributed by atoms with E-state index in [0.29, 0.717) is 0 Å². The molecule has 0 aromatic rings. The first-order valence-corrected chi connectivity index (χ1v) is 4.57. The highest BCUT2D eigenvalue weighted by Gasteiger charge is 2.48. The monoisotopic (exact) mass is 214 g/mol. The van der Waals surface area contributed by atoms with Gasteiger partial charge in [0.25, 0.3) is 0 Å². The molecule has 0 aromatic heterocycles. The SMILES string of the molecule is O=[PH](O)OS(=O)(=O)C(F)(F)F. The molecule has 0 aliphatic heterocycles. The number of rotatable bonds is 2. The first-order valence-electron chi connectivity index (χ1n) is 1.90. The van der Waals surface area contributed by atoms with Gasteiger partial charge in [0.15, 0.2) is 0 Å². The fourth-order valence-electron chi connectivity index (χ4n) is 0.141. The van der Waals surface area contributed by atoms with Crippen LogP contribution in [0.2, 0.25) is 0 Å². The van der Waals surface area contributed by atoms with E-state index in [2.05, 4.69) is 3.97 Å². The van der Waals surface area contributed by atoms with Gasteiger partial charge in [-0.3, -0.25) is 4.57 Å². The van der Waals surface area contributed by atoms with E-state index in [-0.39, 0.29) is 0 Å². The maximum Gasteiger partial charge on any atom is 0.523 e.